The van der Waals surface area contributed by atoms with E-state index in [2.05, 4.69) is 18.0 Å². The van der Waals surface area contributed by atoms with Crippen LogP contribution in [0.5, 0.6) is 0 Å². The van der Waals surface area contributed by atoms with Gasteiger partial charge in [-0.15, -0.1) is 0 Å². The number of ether oxygens (including phenoxy) is 1. The second-order valence-electron chi connectivity index (χ2n) is 5.99. The van der Waals surface area contributed by atoms with Crippen LogP contribution in [0.4, 0.5) is 0 Å². The quantitative estimate of drug-likeness (QED) is 0.514. The highest BCUT2D eigenvalue weighted by Crippen LogP contribution is 2.22. The Labute approximate surface area is 146 Å². The maximum Gasteiger partial charge on any atom is 0.363 e. The lowest BCUT2D eigenvalue weighted by molar-refractivity contribution is -0.129. The molecule has 122 valence electrons. The van der Waals surface area contributed by atoms with Crippen molar-refractivity contribution in [1.29, 1.82) is 0 Å². The predicted molar refractivity (Wildman–Crippen MR) is 100 cm³/mol. The lowest BCUT2D eigenvalue weighted by atomic mass is 10.1. The summed E-state index contributed by atoms with van der Waals surface area (Å²) >= 11 is 0. The van der Waals surface area contributed by atoms with Gasteiger partial charge in [-0.05, 0) is 52.6 Å². The van der Waals surface area contributed by atoms with E-state index in [4.69, 9.17) is 4.74 Å². The molecule has 4 rings (SSSR count). The minimum Gasteiger partial charge on any atom is -0.402 e. The van der Waals surface area contributed by atoms with Crippen LogP contribution in [0.2, 0.25) is 0 Å². The van der Waals surface area contributed by atoms with Crippen molar-refractivity contribution in [2.45, 2.75) is 13.3 Å². The molecule has 0 radical (unpaired) electrons. The molecule has 3 aromatic rings. The number of cyclic esters (lactones) is 1. The summed E-state index contributed by atoms with van der Waals surface area (Å²) in [6.45, 7) is 2.10. The van der Waals surface area contributed by atoms with Gasteiger partial charge in [-0.1, -0.05) is 55.5 Å². The van der Waals surface area contributed by atoms with E-state index in [0.717, 1.165) is 22.9 Å². The molecule has 0 bridgehead atoms. The van der Waals surface area contributed by atoms with E-state index in [1.807, 2.05) is 60.7 Å². The Balaban J connectivity index is 1.67. The third-order valence-electron chi connectivity index (χ3n) is 4.31. The number of aryl methyl sites for hydroxylation is 1. The molecule has 0 unspecified atom stereocenters. The Morgan fingerprint density at radius 1 is 0.960 bits per heavy atom. The third kappa shape index (κ3) is 3.09. The van der Waals surface area contributed by atoms with Gasteiger partial charge in [-0.3, -0.25) is 0 Å². The first-order valence-corrected chi connectivity index (χ1v) is 8.33. The van der Waals surface area contributed by atoms with Crippen molar-refractivity contribution < 1.29 is 9.53 Å². The molecule has 1 heterocycles. The molecule has 0 saturated carbocycles. The first-order valence-electron chi connectivity index (χ1n) is 8.33. The Bertz CT molecular complexity index is 1010. The van der Waals surface area contributed by atoms with Crippen LogP contribution in [0.3, 0.4) is 0 Å². The third-order valence-corrected chi connectivity index (χ3v) is 4.31. The van der Waals surface area contributed by atoms with Crippen LogP contribution in [0.1, 0.15) is 23.6 Å². The minimum atomic E-state index is -0.414. The number of benzene rings is 3. The summed E-state index contributed by atoms with van der Waals surface area (Å²) in [5, 5.41) is 2.29. The van der Waals surface area contributed by atoms with Crippen molar-refractivity contribution in [2.75, 3.05) is 0 Å². The van der Waals surface area contributed by atoms with Crippen molar-refractivity contribution in [3.63, 3.8) is 0 Å². The maximum absolute atomic E-state index is 12.1. The largest absolute Gasteiger partial charge is 0.402 e. The summed E-state index contributed by atoms with van der Waals surface area (Å²) in [7, 11) is 0. The molecule has 0 N–H and O–H groups in total. The maximum atomic E-state index is 12.1. The Morgan fingerprint density at radius 3 is 2.48 bits per heavy atom. The molecule has 1 aliphatic rings. The monoisotopic (exact) mass is 327 g/mol. The molecule has 3 aromatic carbocycles. The molecular formula is C22H17NO2. The Hall–Kier alpha value is -3.20. The fraction of sp³-hybridized carbons (Fsp3) is 0.0909. The number of carbonyl (C=O) groups excluding carboxylic acids is 1. The van der Waals surface area contributed by atoms with Gasteiger partial charge in [0.25, 0.3) is 0 Å². The van der Waals surface area contributed by atoms with Crippen LogP contribution in [0.15, 0.2) is 77.4 Å². The second kappa shape index (κ2) is 6.36. The molecule has 1 aliphatic heterocycles. The van der Waals surface area contributed by atoms with Crippen LogP contribution < -0.4 is 0 Å². The van der Waals surface area contributed by atoms with Gasteiger partial charge >= 0.3 is 5.97 Å². The summed E-state index contributed by atoms with van der Waals surface area (Å²) in [6.07, 6.45) is 2.74. The zero-order chi connectivity index (χ0) is 17.2. The van der Waals surface area contributed by atoms with Crippen LogP contribution in [0.25, 0.3) is 16.8 Å². The summed E-state index contributed by atoms with van der Waals surface area (Å²) in [5.41, 5.74) is 3.30. The van der Waals surface area contributed by atoms with E-state index in [1.54, 1.807) is 6.08 Å². The molecule has 3 heteroatoms. The summed E-state index contributed by atoms with van der Waals surface area (Å²) in [6, 6.07) is 22.1. The number of aliphatic imine (C=N–C) groups is 1. The van der Waals surface area contributed by atoms with Gasteiger partial charge in [0.2, 0.25) is 5.90 Å². The average molecular weight is 327 g/mol. The number of carbonyl (C=O) groups is 1. The molecule has 0 aromatic heterocycles. The van der Waals surface area contributed by atoms with E-state index in [0.29, 0.717) is 11.6 Å². The van der Waals surface area contributed by atoms with Crippen LogP contribution in [-0.4, -0.2) is 11.9 Å². The van der Waals surface area contributed by atoms with Gasteiger partial charge in [-0.25, -0.2) is 9.79 Å². The molecule has 0 fully saturated rings. The van der Waals surface area contributed by atoms with Crippen molar-refractivity contribution in [3.05, 3.63) is 89.1 Å². The minimum absolute atomic E-state index is 0.324. The summed E-state index contributed by atoms with van der Waals surface area (Å²) in [4.78, 5) is 16.5. The van der Waals surface area contributed by atoms with Crippen molar-refractivity contribution >= 4 is 28.7 Å². The highest BCUT2D eigenvalue weighted by atomic mass is 16.6. The molecular weight excluding hydrogens is 310 g/mol. The number of hydrogen-bond donors (Lipinski definition) is 0. The van der Waals surface area contributed by atoms with Crippen LogP contribution >= 0.6 is 0 Å². The molecule has 25 heavy (non-hydrogen) atoms. The van der Waals surface area contributed by atoms with Gasteiger partial charge in [0.15, 0.2) is 5.70 Å². The van der Waals surface area contributed by atoms with E-state index >= 15 is 0 Å². The number of hydrogen-bond acceptors (Lipinski definition) is 3. The highest BCUT2D eigenvalue weighted by Gasteiger charge is 2.24. The number of nitrogens with zero attached hydrogens (tertiary/aromatic N) is 1. The molecule has 0 saturated heterocycles. The molecule has 3 nitrogen and oxygen atoms in total. The number of fused-ring (bicyclic) bond motifs is 1. The van der Waals surface area contributed by atoms with E-state index in [9.17, 15) is 4.79 Å². The highest BCUT2D eigenvalue weighted by molar-refractivity contribution is 6.13. The fourth-order valence-electron chi connectivity index (χ4n) is 2.87. The van der Waals surface area contributed by atoms with Gasteiger partial charge in [0.05, 0.1) is 0 Å². The van der Waals surface area contributed by atoms with Gasteiger partial charge in [-0.2, -0.15) is 0 Å². The zero-order valence-electron chi connectivity index (χ0n) is 13.9. The molecule has 0 amide bonds. The lowest BCUT2D eigenvalue weighted by Gasteiger charge is -2.00. The SMILES string of the molecule is CCc1ccc(C2=NC(=Cc3ccc4ccccc4c3)C(=O)O2)cc1. The molecule has 0 aliphatic carbocycles. The first-order chi connectivity index (χ1) is 12.2. The van der Waals surface area contributed by atoms with E-state index in [-0.39, 0.29) is 0 Å². The van der Waals surface area contributed by atoms with Crippen LogP contribution in [0, 0.1) is 0 Å². The average Bonchev–Trinajstić information content (AvgIpc) is 3.02. The fourth-order valence-corrected chi connectivity index (χ4v) is 2.87. The Kier molecular flexibility index (Phi) is 3.90. The van der Waals surface area contributed by atoms with Crippen LogP contribution in [-0.2, 0) is 16.0 Å². The second-order valence-corrected chi connectivity index (χ2v) is 5.99. The van der Waals surface area contributed by atoms with Crippen molar-refractivity contribution in [1.82, 2.24) is 0 Å². The molecule has 0 spiro atoms. The summed E-state index contributed by atoms with van der Waals surface area (Å²) < 4.78 is 5.34. The Morgan fingerprint density at radius 2 is 1.72 bits per heavy atom. The van der Waals surface area contributed by atoms with Crippen molar-refractivity contribution in [2.24, 2.45) is 4.99 Å². The predicted octanol–water partition coefficient (Wildman–Crippen LogP) is 4.75. The lowest BCUT2D eigenvalue weighted by Crippen LogP contribution is -2.05. The standard InChI is InChI=1S/C22H17NO2/c1-2-15-7-11-18(12-8-15)21-23-20(22(24)25-21)14-16-9-10-17-5-3-4-6-19(17)13-16/h3-14H,2H2,1H3. The van der Waals surface area contributed by atoms with Gasteiger partial charge in [0, 0.05) is 5.56 Å². The topological polar surface area (TPSA) is 38.7 Å². The zero-order valence-corrected chi connectivity index (χ0v) is 13.9. The smallest absolute Gasteiger partial charge is 0.363 e. The van der Waals surface area contributed by atoms with Gasteiger partial charge in [0.1, 0.15) is 0 Å². The number of rotatable bonds is 3. The number of esters is 1. The van der Waals surface area contributed by atoms with Gasteiger partial charge < -0.3 is 4.74 Å². The van der Waals surface area contributed by atoms with Crippen molar-refractivity contribution in [3.8, 4) is 0 Å². The normalized spacial score (nSPS) is 15.5. The van der Waals surface area contributed by atoms with E-state index < -0.39 is 5.97 Å². The van der Waals surface area contributed by atoms with E-state index in [1.165, 1.54) is 10.9 Å². The summed E-state index contributed by atoms with van der Waals surface area (Å²) in [5.74, 6) is -0.0533. The first kappa shape index (κ1) is 15.3. The molecule has 0 atom stereocenters.